The molecule has 3 aromatic heterocycles. The van der Waals surface area contributed by atoms with Crippen molar-refractivity contribution < 1.29 is 0 Å². The van der Waals surface area contributed by atoms with Crippen molar-refractivity contribution in [2.24, 2.45) is 0 Å². The van der Waals surface area contributed by atoms with Gasteiger partial charge in [-0.1, -0.05) is 158 Å². The quantitative estimate of drug-likeness (QED) is 0.176. The first-order valence-electron chi connectivity index (χ1n) is 19.7. The van der Waals surface area contributed by atoms with Crippen LogP contribution in [0.3, 0.4) is 0 Å². The Morgan fingerprint density at radius 2 is 0.845 bits per heavy atom. The molecule has 270 valence electrons. The van der Waals surface area contributed by atoms with Gasteiger partial charge < -0.3 is 9.13 Å². The largest absolute Gasteiger partial charge is 0.309 e. The van der Waals surface area contributed by atoms with Crippen molar-refractivity contribution in [3.63, 3.8) is 0 Å². The minimum Gasteiger partial charge on any atom is -0.309 e. The standard InChI is InChI=1S/C54H34N4/c1-2-17-37(18-3-1)47-34-48(42-27-13-19-35-15-4-6-23-40(35)42)56-54(55-47)38-21-12-22-39(31-38)57-50-28-10-8-25-43(50)45-33-53-46(32-52(45)57)44-26-9-11-29-51(44)58(53)49-30-14-20-36-16-5-7-24-41(36)49/h1-34H. The lowest BCUT2D eigenvalue weighted by molar-refractivity contribution is 1.16. The maximum Gasteiger partial charge on any atom is 0.160 e. The van der Waals surface area contributed by atoms with Gasteiger partial charge in [-0.25, -0.2) is 9.97 Å². The lowest BCUT2D eigenvalue weighted by Gasteiger charge is -2.13. The fraction of sp³-hybridized carbons (Fsp3) is 0. The highest BCUT2D eigenvalue weighted by Gasteiger charge is 2.20. The molecule has 0 atom stereocenters. The molecule has 0 aliphatic heterocycles. The Hall–Kier alpha value is -7.82. The molecule has 0 aliphatic carbocycles. The Bertz CT molecular complexity index is 3560. The number of hydrogen-bond acceptors (Lipinski definition) is 2. The summed E-state index contributed by atoms with van der Waals surface area (Å²) >= 11 is 0. The molecule has 0 saturated heterocycles. The van der Waals surface area contributed by atoms with Gasteiger partial charge in [0.1, 0.15) is 0 Å². The third kappa shape index (κ3) is 5.02. The third-order valence-electron chi connectivity index (χ3n) is 11.7. The van der Waals surface area contributed by atoms with Gasteiger partial charge in [0.15, 0.2) is 5.82 Å². The minimum absolute atomic E-state index is 0.687. The minimum atomic E-state index is 0.687. The lowest BCUT2D eigenvalue weighted by Crippen LogP contribution is -1.98. The first-order valence-corrected chi connectivity index (χ1v) is 19.7. The topological polar surface area (TPSA) is 35.6 Å². The van der Waals surface area contributed by atoms with E-state index in [0.717, 1.165) is 44.8 Å². The van der Waals surface area contributed by atoms with Crippen LogP contribution in [0.4, 0.5) is 0 Å². The molecular formula is C54H34N4. The van der Waals surface area contributed by atoms with Gasteiger partial charge in [0.05, 0.1) is 39.1 Å². The van der Waals surface area contributed by atoms with Crippen molar-refractivity contribution >= 4 is 65.2 Å². The van der Waals surface area contributed by atoms with E-state index in [4.69, 9.17) is 9.97 Å². The normalized spacial score (nSPS) is 11.8. The first-order chi connectivity index (χ1) is 28.8. The van der Waals surface area contributed by atoms with Crippen molar-refractivity contribution in [1.82, 2.24) is 19.1 Å². The van der Waals surface area contributed by atoms with E-state index in [1.54, 1.807) is 0 Å². The number of benzene rings is 9. The molecule has 0 amide bonds. The maximum atomic E-state index is 5.30. The van der Waals surface area contributed by atoms with Gasteiger partial charge in [0.25, 0.3) is 0 Å². The predicted molar refractivity (Wildman–Crippen MR) is 242 cm³/mol. The summed E-state index contributed by atoms with van der Waals surface area (Å²) in [7, 11) is 0. The summed E-state index contributed by atoms with van der Waals surface area (Å²) in [6, 6.07) is 73.8. The summed E-state index contributed by atoms with van der Waals surface area (Å²) in [6.45, 7) is 0. The van der Waals surface area contributed by atoms with Crippen LogP contribution in [0.25, 0.3) is 110 Å². The first kappa shape index (κ1) is 32.4. The van der Waals surface area contributed by atoms with Gasteiger partial charge in [0.2, 0.25) is 0 Å². The Kier molecular flexibility index (Phi) is 7.20. The van der Waals surface area contributed by atoms with Gasteiger partial charge in [-0.3, -0.25) is 0 Å². The molecule has 58 heavy (non-hydrogen) atoms. The second-order valence-electron chi connectivity index (χ2n) is 15.0. The molecule has 0 fully saturated rings. The average molecular weight is 739 g/mol. The highest BCUT2D eigenvalue weighted by atomic mass is 15.0. The van der Waals surface area contributed by atoms with Gasteiger partial charge in [-0.2, -0.15) is 0 Å². The second kappa shape index (κ2) is 12.9. The molecule has 12 rings (SSSR count). The highest BCUT2D eigenvalue weighted by molar-refractivity contribution is 6.19. The highest BCUT2D eigenvalue weighted by Crippen LogP contribution is 2.41. The SMILES string of the molecule is c1ccc(-c2cc(-c3cccc4ccccc34)nc(-c3cccc(-n4c5ccccc5c5cc6c(cc54)c4ccccc4n6-c4cccc5ccccc45)c3)n2)cc1. The third-order valence-corrected chi connectivity index (χ3v) is 11.7. The molecule has 9 aromatic carbocycles. The summed E-state index contributed by atoms with van der Waals surface area (Å²) in [5.41, 5.74) is 11.8. The predicted octanol–water partition coefficient (Wildman–Crippen LogP) is 14.0. The summed E-state index contributed by atoms with van der Waals surface area (Å²) in [5, 5.41) is 9.67. The summed E-state index contributed by atoms with van der Waals surface area (Å²) in [5.74, 6) is 0.687. The molecule has 4 heteroatoms. The van der Waals surface area contributed by atoms with E-state index in [-0.39, 0.29) is 0 Å². The zero-order valence-corrected chi connectivity index (χ0v) is 31.4. The van der Waals surface area contributed by atoms with Crippen molar-refractivity contribution in [2.75, 3.05) is 0 Å². The van der Waals surface area contributed by atoms with E-state index < -0.39 is 0 Å². The van der Waals surface area contributed by atoms with E-state index in [2.05, 4.69) is 209 Å². The molecule has 12 aromatic rings. The van der Waals surface area contributed by atoms with Crippen molar-refractivity contribution in [3.8, 4) is 45.3 Å². The number of nitrogens with zero attached hydrogens (tertiary/aromatic N) is 4. The molecule has 0 spiro atoms. The van der Waals surface area contributed by atoms with E-state index in [0.29, 0.717) is 5.82 Å². The average Bonchev–Trinajstić information content (AvgIpc) is 3.80. The van der Waals surface area contributed by atoms with E-state index in [9.17, 15) is 0 Å². The Labute approximate surface area is 334 Å². The van der Waals surface area contributed by atoms with E-state index in [1.165, 1.54) is 59.8 Å². The molecule has 3 heterocycles. The number of fused-ring (bicyclic) bond motifs is 8. The fourth-order valence-electron chi connectivity index (χ4n) is 9.08. The van der Waals surface area contributed by atoms with Crippen LogP contribution < -0.4 is 0 Å². The van der Waals surface area contributed by atoms with E-state index in [1.807, 2.05) is 6.07 Å². The molecule has 0 radical (unpaired) electrons. The van der Waals surface area contributed by atoms with Crippen molar-refractivity contribution in [1.29, 1.82) is 0 Å². The number of para-hydroxylation sites is 2. The van der Waals surface area contributed by atoms with Crippen LogP contribution in [0.5, 0.6) is 0 Å². The Balaban J connectivity index is 1.09. The van der Waals surface area contributed by atoms with Gasteiger partial charge in [0, 0.05) is 49.3 Å². The zero-order valence-electron chi connectivity index (χ0n) is 31.4. The summed E-state index contributed by atoms with van der Waals surface area (Å²) in [4.78, 5) is 10.5. The van der Waals surface area contributed by atoms with Crippen molar-refractivity contribution in [2.45, 2.75) is 0 Å². The van der Waals surface area contributed by atoms with E-state index >= 15 is 0 Å². The van der Waals surface area contributed by atoms with Crippen LogP contribution in [-0.2, 0) is 0 Å². The monoisotopic (exact) mass is 738 g/mol. The second-order valence-corrected chi connectivity index (χ2v) is 15.0. The summed E-state index contributed by atoms with van der Waals surface area (Å²) < 4.78 is 4.86. The molecule has 0 N–H and O–H groups in total. The van der Waals surface area contributed by atoms with Crippen LogP contribution in [0.1, 0.15) is 0 Å². The van der Waals surface area contributed by atoms with Gasteiger partial charge >= 0.3 is 0 Å². The Morgan fingerprint density at radius 3 is 1.60 bits per heavy atom. The van der Waals surface area contributed by atoms with Crippen LogP contribution in [0.2, 0.25) is 0 Å². The van der Waals surface area contributed by atoms with Gasteiger partial charge in [-0.15, -0.1) is 0 Å². The van der Waals surface area contributed by atoms with Crippen LogP contribution in [0.15, 0.2) is 206 Å². The molecule has 0 saturated carbocycles. The van der Waals surface area contributed by atoms with Crippen LogP contribution in [0, 0.1) is 0 Å². The molecule has 0 unspecified atom stereocenters. The molecule has 0 aliphatic rings. The molecule has 0 bridgehead atoms. The Morgan fingerprint density at radius 1 is 0.310 bits per heavy atom. The number of hydrogen-bond donors (Lipinski definition) is 0. The fourth-order valence-corrected chi connectivity index (χ4v) is 9.08. The molecular weight excluding hydrogens is 705 g/mol. The smallest absolute Gasteiger partial charge is 0.160 e. The maximum absolute atomic E-state index is 5.30. The van der Waals surface area contributed by atoms with Crippen LogP contribution in [-0.4, -0.2) is 19.1 Å². The lowest BCUT2D eigenvalue weighted by atomic mass is 10.0. The number of rotatable bonds is 5. The van der Waals surface area contributed by atoms with Crippen molar-refractivity contribution in [3.05, 3.63) is 206 Å². The summed E-state index contributed by atoms with van der Waals surface area (Å²) in [6.07, 6.45) is 0. The van der Waals surface area contributed by atoms with Gasteiger partial charge in [-0.05, 0) is 64.7 Å². The number of aromatic nitrogens is 4. The van der Waals surface area contributed by atoms with Crippen LogP contribution >= 0.6 is 0 Å². The zero-order chi connectivity index (χ0) is 38.2. The molecule has 4 nitrogen and oxygen atoms in total.